The highest BCUT2D eigenvalue weighted by Crippen LogP contribution is 2.24. The molecular formula is C18H13F3N6O3. The molecule has 0 fully saturated rings. The first-order valence-corrected chi connectivity index (χ1v) is 8.58. The number of carbonyl (C=O) groups excluding carboxylic acids is 1. The van der Waals surface area contributed by atoms with Gasteiger partial charge in [-0.3, -0.25) is 18.6 Å². The molecule has 1 amide bonds. The molecule has 3 aromatic heterocycles. The van der Waals surface area contributed by atoms with E-state index in [4.69, 9.17) is 0 Å². The Bertz CT molecular complexity index is 1310. The monoisotopic (exact) mass is 418 g/mol. The van der Waals surface area contributed by atoms with Crippen LogP contribution in [0.15, 0.2) is 47.4 Å². The summed E-state index contributed by atoms with van der Waals surface area (Å²) in [4.78, 5) is 29.6. The Hall–Kier alpha value is -3.96. The number of carbonyl (C=O) groups is 1. The predicted molar refractivity (Wildman–Crippen MR) is 99.0 cm³/mol. The Morgan fingerprint density at radius 2 is 1.87 bits per heavy atom. The van der Waals surface area contributed by atoms with Gasteiger partial charge in [0.05, 0.1) is 5.52 Å². The van der Waals surface area contributed by atoms with Gasteiger partial charge in [0.25, 0.3) is 5.56 Å². The van der Waals surface area contributed by atoms with Crippen molar-refractivity contribution in [2.45, 2.75) is 19.8 Å². The summed E-state index contributed by atoms with van der Waals surface area (Å²) in [7, 11) is 0. The van der Waals surface area contributed by atoms with Crippen molar-refractivity contribution in [1.29, 1.82) is 0 Å². The summed E-state index contributed by atoms with van der Waals surface area (Å²) in [5.74, 6) is -0.502. The summed E-state index contributed by atoms with van der Waals surface area (Å²) in [6.45, 7) is 1.32. The van der Waals surface area contributed by atoms with Crippen molar-refractivity contribution >= 4 is 28.4 Å². The number of fused-ring (bicyclic) bond motifs is 3. The predicted octanol–water partition coefficient (Wildman–Crippen LogP) is 2.28. The lowest BCUT2D eigenvalue weighted by Crippen LogP contribution is -2.29. The molecule has 12 heteroatoms. The van der Waals surface area contributed by atoms with E-state index in [9.17, 15) is 22.8 Å². The standard InChI is InChI=1S/C18H13F3N6O3/c1-10-24-25-16-17(29)26(13-3-2-8-22-15(13)27(10)16)9-14(28)23-11-4-6-12(7-5-11)30-18(19,20)21/h2-8H,9H2,1H3,(H,23,28). The molecule has 0 saturated heterocycles. The lowest BCUT2D eigenvalue weighted by atomic mass is 10.3. The van der Waals surface area contributed by atoms with Gasteiger partial charge in [-0.25, -0.2) is 4.98 Å². The number of nitrogens with one attached hydrogen (secondary N) is 1. The van der Waals surface area contributed by atoms with Gasteiger partial charge in [-0.15, -0.1) is 23.4 Å². The van der Waals surface area contributed by atoms with Crippen LogP contribution in [0, 0.1) is 6.92 Å². The molecule has 3 heterocycles. The largest absolute Gasteiger partial charge is 0.573 e. The molecule has 9 nitrogen and oxygen atoms in total. The van der Waals surface area contributed by atoms with Gasteiger partial charge in [0.2, 0.25) is 11.6 Å². The number of benzene rings is 1. The van der Waals surface area contributed by atoms with Gasteiger partial charge in [0.1, 0.15) is 18.1 Å². The van der Waals surface area contributed by atoms with E-state index in [0.29, 0.717) is 17.0 Å². The fraction of sp³-hybridized carbons (Fsp3) is 0.167. The molecule has 30 heavy (non-hydrogen) atoms. The summed E-state index contributed by atoms with van der Waals surface area (Å²) < 4.78 is 43.2. The van der Waals surface area contributed by atoms with E-state index in [2.05, 4.69) is 25.2 Å². The summed E-state index contributed by atoms with van der Waals surface area (Å²) in [6.07, 6.45) is -3.26. The van der Waals surface area contributed by atoms with Crippen LogP contribution in [0.3, 0.4) is 0 Å². The van der Waals surface area contributed by atoms with E-state index in [1.54, 1.807) is 25.3 Å². The van der Waals surface area contributed by atoms with Crippen molar-refractivity contribution in [2.75, 3.05) is 5.32 Å². The zero-order valence-corrected chi connectivity index (χ0v) is 15.3. The van der Waals surface area contributed by atoms with Gasteiger partial charge in [-0.1, -0.05) is 0 Å². The number of amides is 1. The molecule has 154 valence electrons. The number of hydrogen-bond acceptors (Lipinski definition) is 6. The number of alkyl halides is 3. The number of anilines is 1. The number of hydrogen-bond donors (Lipinski definition) is 1. The van der Waals surface area contributed by atoms with Gasteiger partial charge in [-0.2, -0.15) is 0 Å². The minimum absolute atomic E-state index is 0.0279. The number of ether oxygens (including phenoxy) is 1. The average Bonchev–Trinajstić information content (AvgIpc) is 3.07. The minimum Gasteiger partial charge on any atom is -0.406 e. The molecule has 0 bridgehead atoms. The highest BCUT2D eigenvalue weighted by molar-refractivity contribution is 5.91. The van der Waals surface area contributed by atoms with Crippen LogP contribution in [0.25, 0.3) is 16.8 Å². The molecule has 0 atom stereocenters. The molecule has 1 aromatic carbocycles. The van der Waals surface area contributed by atoms with Gasteiger partial charge < -0.3 is 10.1 Å². The lowest BCUT2D eigenvalue weighted by Gasteiger charge is -2.12. The topological polar surface area (TPSA) is 103 Å². The van der Waals surface area contributed by atoms with E-state index in [0.717, 1.165) is 12.1 Å². The Labute approximate surface area is 165 Å². The number of aryl methyl sites for hydroxylation is 1. The van der Waals surface area contributed by atoms with Crippen LogP contribution in [0.2, 0.25) is 0 Å². The first kappa shape index (κ1) is 19.4. The third-order valence-corrected chi connectivity index (χ3v) is 4.20. The number of aromatic nitrogens is 5. The second-order valence-electron chi connectivity index (χ2n) is 6.26. The minimum atomic E-state index is -4.81. The average molecular weight is 418 g/mol. The summed E-state index contributed by atoms with van der Waals surface area (Å²) in [5, 5.41) is 10.3. The summed E-state index contributed by atoms with van der Waals surface area (Å²) >= 11 is 0. The molecule has 4 rings (SSSR count). The first-order chi connectivity index (χ1) is 14.2. The second-order valence-corrected chi connectivity index (χ2v) is 6.26. The maximum absolute atomic E-state index is 12.8. The SMILES string of the molecule is Cc1nnc2c(=O)n(CC(=O)Nc3ccc(OC(F)(F)F)cc3)c3cccnc3n12. The molecule has 0 aliphatic heterocycles. The number of halogens is 3. The molecule has 1 N–H and O–H groups in total. The second kappa shape index (κ2) is 7.13. The van der Waals surface area contributed by atoms with Crippen molar-refractivity contribution in [3.05, 3.63) is 58.8 Å². The highest BCUT2D eigenvalue weighted by Gasteiger charge is 2.31. The Kier molecular flexibility index (Phi) is 4.60. The van der Waals surface area contributed by atoms with Crippen LogP contribution in [-0.4, -0.2) is 36.4 Å². The van der Waals surface area contributed by atoms with Gasteiger partial charge in [0, 0.05) is 11.9 Å². The molecule has 0 aliphatic carbocycles. The number of rotatable bonds is 4. The Morgan fingerprint density at radius 1 is 1.13 bits per heavy atom. The van der Waals surface area contributed by atoms with E-state index in [-0.39, 0.29) is 17.9 Å². The van der Waals surface area contributed by atoms with E-state index >= 15 is 0 Å². The molecule has 0 unspecified atom stereocenters. The fourth-order valence-corrected chi connectivity index (χ4v) is 3.00. The Morgan fingerprint density at radius 3 is 2.57 bits per heavy atom. The molecule has 0 radical (unpaired) electrons. The van der Waals surface area contributed by atoms with Gasteiger partial charge >= 0.3 is 6.36 Å². The third-order valence-electron chi connectivity index (χ3n) is 4.20. The fourth-order valence-electron chi connectivity index (χ4n) is 3.00. The van der Waals surface area contributed by atoms with Crippen LogP contribution >= 0.6 is 0 Å². The van der Waals surface area contributed by atoms with Crippen LogP contribution < -0.4 is 15.6 Å². The smallest absolute Gasteiger partial charge is 0.406 e. The highest BCUT2D eigenvalue weighted by atomic mass is 19.4. The normalized spacial score (nSPS) is 11.7. The first-order valence-electron chi connectivity index (χ1n) is 8.58. The molecular weight excluding hydrogens is 405 g/mol. The summed E-state index contributed by atoms with van der Waals surface area (Å²) in [5.41, 5.74) is 0.558. The van der Waals surface area contributed by atoms with Crippen molar-refractivity contribution in [1.82, 2.24) is 24.1 Å². The summed E-state index contributed by atoms with van der Waals surface area (Å²) in [6, 6.07) is 7.92. The Balaban J connectivity index is 1.62. The number of nitrogens with zero attached hydrogens (tertiary/aromatic N) is 5. The van der Waals surface area contributed by atoms with Crippen molar-refractivity contribution in [3.8, 4) is 5.75 Å². The third kappa shape index (κ3) is 3.66. The molecule has 0 spiro atoms. The zero-order chi connectivity index (χ0) is 21.5. The van der Waals surface area contributed by atoms with Crippen molar-refractivity contribution in [2.24, 2.45) is 0 Å². The zero-order valence-electron chi connectivity index (χ0n) is 15.3. The van der Waals surface area contributed by atoms with Crippen molar-refractivity contribution < 1.29 is 22.7 Å². The van der Waals surface area contributed by atoms with Crippen molar-refractivity contribution in [3.63, 3.8) is 0 Å². The number of pyridine rings is 1. The molecule has 0 saturated carbocycles. The van der Waals surface area contributed by atoms with Crippen LogP contribution in [-0.2, 0) is 11.3 Å². The maximum atomic E-state index is 12.8. The molecule has 0 aliphatic rings. The van der Waals surface area contributed by atoms with Crippen LogP contribution in [0.4, 0.5) is 18.9 Å². The van der Waals surface area contributed by atoms with Gasteiger partial charge in [-0.05, 0) is 43.3 Å². The lowest BCUT2D eigenvalue weighted by molar-refractivity contribution is -0.274. The van der Waals surface area contributed by atoms with E-state index in [1.807, 2.05) is 0 Å². The maximum Gasteiger partial charge on any atom is 0.573 e. The van der Waals surface area contributed by atoms with Gasteiger partial charge in [0.15, 0.2) is 5.65 Å². The van der Waals surface area contributed by atoms with E-state index < -0.39 is 23.6 Å². The quantitative estimate of drug-likeness (QED) is 0.546. The van der Waals surface area contributed by atoms with Crippen LogP contribution in [0.1, 0.15) is 5.82 Å². The molecule has 4 aromatic rings. The van der Waals surface area contributed by atoms with Crippen LogP contribution in [0.5, 0.6) is 5.75 Å². The van der Waals surface area contributed by atoms with E-state index in [1.165, 1.54) is 21.1 Å².